The largest absolute Gasteiger partial charge is 0.460 e. The summed E-state index contributed by atoms with van der Waals surface area (Å²) in [4.78, 5) is 18.9. The van der Waals surface area contributed by atoms with Gasteiger partial charge in [0.05, 0.1) is 16.8 Å². The molecule has 0 bridgehead atoms. The Bertz CT molecular complexity index is 328. The van der Waals surface area contributed by atoms with Gasteiger partial charge in [-0.25, -0.2) is 14.8 Å². The van der Waals surface area contributed by atoms with E-state index in [4.69, 9.17) is 4.74 Å². The van der Waals surface area contributed by atoms with Crippen LogP contribution < -0.4 is 0 Å². The van der Waals surface area contributed by atoms with Gasteiger partial charge in [0.2, 0.25) is 5.82 Å². The fraction of sp³-hybridized carbons (Fsp3) is 0.375. The van der Waals surface area contributed by atoms with Gasteiger partial charge < -0.3 is 4.74 Å². The third-order valence-corrected chi connectivity index (χ3v) is 2.16. The van der Waals surface area contributed by atoms with E-state index in [0.717, 1.165) is 10.2 Å². The second-order valence-corrected chi connectivity index (χ2v) is 3.20. The first-order valence-electron chi connectivity index (χ1n) is 3.81. The lowest BCUT2D eigenvalue weighted by Gasteiger charge is -2.01. The van der Waals surface area contributed by atoms with Crippen LogP contribution in [0.15, 0.2) is 10.7 Å². The highest BCUT2D eigenvalue weighted by Gasteiger charge is 2.10. The molecule has 0 N–H and O–H groups in total. The van der Waals surface area contributed by atoms with Crippen molar-refractivity contribution >= 4 is 21.9 Å². The van der Waals surface area contributed by atoms with Gasteiger partial charge in [0.25, 0.3) is 0 Å². The highest BCUT2D eigenvalue weighted by molar-refractivity contribution is 9.10. The zero-order chi connectivity index (χ0) is 9.84. The number of carbonyl (C=O) groups is 1. The summed E-state index contributed by atoms with van der Waals surface area (Å²) >= 11 is 3.24. The molecule has 1 aromatic heterocycles. The second-order valence-electron chi connectivity index (χ2n) is 2.35. The van der Waals surface area contributed by atoms with E-state index in [1.807, 2.05) is 0 Å². The number of aromatic nitrogens is 2. The van der Waals surface area contributed by atoms with E-state index in [9.17, 15) is 4.79 Å². The first kappa shape index (κ1) is 10.1. The van der Waals surface area contributed by atoms with E-state index >= 15 is 0 Å². The molecule has 0 aliphatic heterocycles. The van der Waals surface area contributed by atoms with Gasteiger partial charge in [0.1, 0.15) is 0 Å². The molecule has 4 nitrogen and oxygen atoms in total. The number of ether oxygens (including phenoxy) is 1. The highest BCUT2D eigenvalue weighted by Crippen LogP contribution is 2.11. The lowest BCUT2D eigenvalue weighted by Crippen LogP contribution is -2.10. The summed E-state index contributed by atoms with van der Waals surface area (Å²) in [5.41, 5.74) is 0.720. The minimum Gasteiger partial charge on any atom is -0.460 e. The molecule has 1 aromatic rings. The van der Waals surface area contributed by atoms with Crippen molar-refractivity contribution < 1.29 is 9.53 Å². The molecule has 0 amide bonds. The van der Waals surface area contributed by atoms with Gasteiger partial charge >= 0.3 is 5.97 Å². The van der Waals surface area contributed by atoms with Crippen molar-refractivity contribution in [2.24, 2.45) is 0 Å². The Morgan fingerprint density at radius 1 is 1.69 bits per heavy atom. The predicted octanol–water partition coefficient (Wildman–Crippen LogP) is 1.72. The number of nitrogens with zero attached hydrogens (tertiary/aromatic N) is 2. The van der Waals surface area contributed by atoms with Crippen LogP contribution in [-0.4, -0.2) is 22.5 Å². The summed E-state index contributed by atoms with van der Waals surface area (Å²) in [5, 5.41) is 0. The summed E-state index contributed by atoms with van der Waals surface area (Å²) in [5.74, 6) is -0.388. The monoisotopic (exact) mass is 244 g/mol. The Morgan fingerprint density at radius 3 is 2.92 bits per heavy atom. The number of carbonyl (C=O) groups excluding carboxylic acids is 1. The first-order chi connectivity index (χ1) is 6.15. The molecule has 0 radical (unpaired) electrons. The zero-order valence-electron chi connectivity index (χ0n) is 7.37. The van der Waals surface area contributed by atoms with Crippen molar-refractivity contribution in [1.29, 1.82) is 0 Å². The standard InChI is InChI=1S/C8H9BrN2O2/c1-3-13-8(12)7-10-4-6(9)5(2)11-7/h4H,3H2,1-2H3. The molecule has 0 aliphatic carbocycles. The maximum Gasteiger partial charge on any atom is 0.376 e. The van der Waals surface area contributed by atoms with Crippen LogP contribution in [0.4, 0.5) is 0 Å². The Labute approximate surface area is 84.5 Å². The average Bonchev–Trinajstić information content (AvgIpc) is 2.10. The fourth-order valence-corrected chi connectivity index (χ4v) is 0.937. The van der Waals surface area contributed by atoms with Crippen LogP contribution in [0.3, 0.4) is 0 Å². The minimum atomic E-state index is -0.488. The highest BCUT2D eigenvalue weighted by atomic mass is 79.9. The number of aryl methyl sites for hydroxylation is 1. The SMILES string of the molecule is CCOC(=O)c1ncc(Br)c(C)n1. The van der Waals surface area contributed by atoms with Gasteiger partial charge in [-0.15, -0.1) is 0 Å². The zero-order valence-corrected chi connectivity index (χ0v) is 8.96. The molecule has 0 atom stereocenters. The maximum atomic E-state index is 11.1. The van der Waals surface area contributed by atoms with Crippen LogP contribution in [0.2, 0.25) is 0 Å². The smallest absolute Gasteiger partial charge is 0.376 e. The van der Waals surface area contributed by atoms with Crippen LogP contribution >= 0.6 is 15.9 Å². The fourth-order valence-electron chi connectivity index (χ4n) is 0.746. The van der Waals surface area contributed by atoms with E-state index in [1.54, 1.807) is 13.8 Å². The molecule has 0 unspecified atom stereocenters. The molecule has 0 saturated carbocycles. The first-order valence-corrected chi connectivity index (χ1v) is 4.60. The molecule has 1 rings (SSSR count). The Hall–Kier alpha value is -0.970. The van der Waals surface area contributed by atoms with Crippen LogP contribution in [0, 0.1) is 6.92 Å². The average molecular weight is 245 g/mol. The number of hydrogen-bond acceptors (Lipinski definition) is 4. The van der Waals surface area contributed by atoms with Crippen molar-refractivity contribution in [2.75, 3.05) is 6.61 Å². The van der Waals surface area contributed by atoms with Crippen molar-refractivity contribution in [1.82, 2.24) is 9.97 Å². The summed E-state index contributed by atoms with van der Waals surface area (Å²) < 4.78 is 5.52. The number of esters is 1. The van der Waals surface area contributed by atoms with Gasteiger partial charge in [-0.1, -0.05) is 0 Å². The van der Waals surface area contributed by atoms with E-state index in [1.165, 1.54) is 6.20 Å². The molecule has 0 saturated heterocycles. The molecule has 70 valence electrons. The van der Waals surface area contributed by atoms with Crippen LogP contribution in [0.1, 0.15) is 23.2 Å². The lowest BCUT2D eigenvalue weighted by atomic mass is 10.4. The second kappa shape index (κ2) is 4.32. The van der Waals surface area contributed by atoms with Crippen molar-refractivity contribution in [3.8, 4) is 0 Å². The van der Waals surface area contributed by atoms with Crippen LogP contribution in [0.25, 0.3) is 0 Å². The molecular weight excluding hydrogens is 236 g/mol. The summed E-state index contributed by atoms with van der Waals surface area (Å²) in [7, 11) is 0. The third-order valence-electron chi connectivity index (χ3n) is 1.38. The summed E-state index contributed by atoms with van der Waals surface area (Å²) in [6.45, 7) is 3.86. The van der Waals surface area contributed by atoms with E-state index in [0.29, 0.717) is 6.61 Å². The molecule has 1 heterocycles. The van der Waals surface area contributed by atoms with Gasteiger partial charge in [-0.2, -0.15) is 0 Å². The van der Waals surface area contributed by atoms with E-state index < -0.39 is 5.97 Å². The molecule has 5 heteroatoms. The molecule has 0 aromatic carbocycles. The van der Waals surface area contributed by atoms with Crippen molar-refractivity contribution in [2.45, 2.75) is 13.8 Å². The van der Waals surface area contributed by atoms with Crippen LogP contribution in [0.5, 0.6) is 0 Å². The Balaban J connectivity index is 2.90. The van der Waals surface area contributed by atoms with Crippen LogP contribution in [-0.2, 0) is 4.74 Å². The Morgan fingerprint density at radius 2 is 2.38 bits per heavy atom. The quantitative estimate of drug-likeness (QED) is 0.744. The van der Waals surface area contributed by atoms with Gasteiger partial charge in [0.15, 0.2) is 0 Å². The molecule has 13 heavy (non-hydrogen) atoms. The van der Waals surface area contributed by atoms with Gasteiger partial charge in [0, 0.05) is 6.20 Å². The lowest BCUT2D eigenvalue weighted by molar-refractivity contribution is 0.0511. The molecule has 0 fully saturated rings. The normalized spacial score (nSPS) is 9.77. The van der Waals surface area contributed by atoms with Crippen molar-refractivity contribution in [3.63, 3.8) is 0 Å². The predicted molar refractivity (Wildman–Crippen MR) is 50.4 cm³/mol. The van der Waals surface area contributed by atoms with E-state index in [2.05, 4.69) is 25.9 Å². The molecular formula is C8H9BrN2O2. The van der Waals surface area contributed by atoms with Crippen molar-refractivity contribution in [3.05, 3.63) is 22.2 Å². The number of rotatable bonds is 2. The Kier molecular flexibility index (Phi) is 3.36. The summed E-state index contributed by atoms with van der Waals surface area (Å²) in [6.07, 6.45) is 1.54. The minimum absolute atomic E-state index is 0.0996. The van der Waals surface area contributed by atoms with E-state index in [-0.39, 0.29) is 5.82 Å². The van der Waals surface area contributed by atoms with Gasteiger partial charge in [-0.3, -0.25) is 0 Å². The topological polar surface area (TPSA) is 52.1 Å². The number of halogens is 1. The third kappa shape index (κ3) is 2.48. The maximum absolute atomic E-state index is 11.1. The van der Waals surface area contributed by atoms with Gasteiger partial charge in [-0.05, 0) is 29.8 Å². The number of hydrogen-bond donors (Lipinski definition) is 0. The molecule has 0 aliphatic rings. The molecule has 0 spiro atoms. The summed E-state index contributed by atoms with van der Waals surface area (Å²) in [6, 6.07) is 0.